The molecule has 2 rings (SSSR count). The van der Waals surface area contributed by atoms with Gasteiger partial charge in [0.05, 0.1) is 19.2 Å². The number of benzene rings is 1. The zero-order valence-electron chi connectivity index (χ0n) is 13.5. The largest absolute Gasteiger partial charge is 0.383 e. The number of nitrogens with one attached hydrogen (secondary N) is 3. The Morgan fingerprint density at radius 2 is 2.04 bits per heavy atom. The van der Waals surface area contributed by atoms with Crippen LogP contribution in [0.25, 0.3) is 10.9 Å². The summed E-state index contributed by atoms with van der Waals surface area (Å²) in [5, 5.41) is 6.21. The monoisotopic (exact) mass is 354 g/mol. The summed E-state index contributed by atoms with van der Waals surface area (Å²) < 4.78 is 4.82. The lowest BCUT2D eigenvalue weighted by Gasteiger charge is -2.12. The van der Waals surface area contributed by atoms with Gasteiger partial charge < -0.3 is 26.1 Å². The van der Waals surface area contributed by atoms with Crippen LogP contribution in [0.15, 0.2) is 30.5 Å². The molecule has 1 heterocycles. The number of nitrogens with two attached hydrogens (primary N) is 1. The number of hydrogen-bond acceptors (Lipinski definition) is 4. The highest BCUT2D eigenvalue weighted by Crippen LogP contribution is 2.18. The minimum atomic E-state index is -0.707. The molecule has 24 heavy (non-hydrogen) atoms. The van der Waals surface area contributed by atoms with Gasteiger partial charge in [0.2, 0.25) is 11.8 Å². The second kappa shape index (κ2) is 9.92. The molecule has 5 N–H and O–H groups in total. The van der Waals surface area contributed by atoms with Gasteiger partial charge in [0.1, 0.15) is 0 Å². The Morgan fingerprint density at radius 3 is 2.79 bits per heavy atom. The number of methoxy groups -OCH3 is 1. The molecule has 2 amide bonds. The lowest BCUT2D eigenvalue weighted by molar-refractivity contribution is -0.126. The van der Waals surface area contributed by atoms with E-state index in [9.17, 15) is 9.59 Å². The third-order valence-electron chi connectivity index (χ3n) is 3.50. The fourth-order valence-corrected chi connectivity index (χ4v) is 2.28. The van der Waals surface area contributed by atoms with Crippen molar-refractivity contribution in [1.82, 2.24) is 15.6 Å². The summed E-state index contributed by atoms with van der Waals surface area (Å²) in [5.74, 6) is -0.619. The van der Waals surface area contributed by atoms with Crippen molar-refractivity contribution in [3.63, 3.8) is 0 Å². The molecule has 1 aromatic carbocycles. The minimum Gasteiger partial charge on any atom is -0.383 e. The smallest absolute Gasteiger partial charge is 0.239 e. The van der Waals surface area contributed by atoms with Crippen molar-refractivity contribution in [3.8, 4) is 0 Å². The number of fused-ring (bicyclic) bond motifs is 1. The van der Waals surface area contributed by atoms with Gasteiger partial charge in [-0.25, -0.2) is 0 Å². The van der Waals surface area contributed by atoms with Crippen LogP contribution in [0, 0.1) is 0 Å². The zero-order chi connectivity index (χ0) is 16.7. The first kappa shape index (κ1) is 20.0. The van der Waals surface area contributed by atoms with E-state index in [-0.39, 0.29) is 30.8 Å². The van der Waals surface area contributed by atoms with Gasteiger partial charge in [0, 0.05) is 30.8 Å². The summed E-state index contributed by atoms with van der Waals surface area (Å²) in [6.07, 6.45) is 2.26. The average molecular weight is 355 g/mol. The van der Waals surface area contributed by atoms with E-state index in [2.05, 4.69) is 15.6 Å². The number of aromatic amines is 1. The Labute approximate surface area is 146 Å². The SMILES string of the molecule is COCCNC(=O)CNC(=O)[C@@H](N)Cc1c[nH]c2ccccc12.Cl. The second-order valence-corrected chi connectivity index (χ2v) is 5.23. The number of para-hydroxylation sites is 1. The van der Waals surface area contributed by atoms with Crippen LogP contribution in [-0.4, -0.2) is 49.6 Å². The van der Waals surface area contributed by atoms with Crippen molar-refractivity contribution < 1.29 is 14.3 Å². The van der Waals surface area contributed by atoms with E-state index in [1.54, 1.807) is 7.11 Å². The van der Waals surface area contributed by atoms with Gasteiger partial charge in [-0.05, 0) is 18.1 Å². The number of rotatable bonds is 8. The molecule has 0 saturated heterocycles. The topological polar surface area (TPSA) is 109 Å². The van der Waals surface area contributed by atoms with Gasteiger partial charge >= 0.3 is 0 Å². The summed E-state index contributed by atoms with van der Waals surface area (Å²) in [6.45, 7) is 0.747. The van der Waals surface area contributed by atoms with Crippen molar-refractivity contribution in [3.05, 3.63) is 36.0 Å². The van der Waals surface area contributed by atoms with E-state index in [0.717, 1.165) is 16.5 Å². The molecule has 1 atom stereocenters. The van der Waals surface area contributed by atoms with Crippen molar-refractivity contribution in [1.29, 1.82) is 0 Å². The van der Waals surface area contributed by atoms with E-state index in [1.807, 2.05) is 30.5 Å². The van der Waals surface area contributed by atoms with Gasteiger partial charge in [0.25, 0.3) is 0 Å². The van der Waals surface area contributed by atoms with Crippen LogP contribution in [0.2, 0.25) is 0 Å². The van der Waals surface area contributed by atoms with Gasteiger partial charge in [-0.3, -0.25) is 9.59 Å². The van der Waals surface area contributed by atoms with Gasteiger partial charge in [-0.15, -0.1) is 12.4 Å². The molecule has 0 saturated carbocycles. The predicted molar refractivity (Wildman–Crippen MR) is 95.1 cm³/mol. The molecule has 0 radical (unpaired) electrons. The Balaban J connectivity index is 0.00000288. The number of hydrogen-bond donors (Lipinski definition) is 4. The summed E-state index contributed by atoms with van der Waals surface area (Å²) in [7, 11) is 1.55. The molecule has 0 fully saturated rings. The molecule has 0 aliphatic rings. The summed E-state index contributed by atoms with van der Waals surface area (Å²) in [4.78, 5) is 26.6. The molecule has 0 bridgehead atoms. The first-order valence-corrected chi connectivity index (χ1v) is 7.45. The molecule has 1 aromatic heterocycles. The van der Waals surface area contributed by atoms with E-state index in [4.69, 9.17) is 10.5 Å². The summed E-state index contributed by atoms with van der Waals surface area (Å²) in [6, 6.07) is 7.12. The Bertz CT molecular complexity index is 674. The highest BCUT2D eigenvalue weighted by atomic mass is 35.5. The third kappa shape index (κ3) is 5.52. The maximum absolute atomic E-state index is 12.0. The second-order valence-electron chi connectivity index (χ2n) is 5.23. The standard InChI is InChI=1S/C16H22N4O3.ClH/c1-23-7-6-18-15(21)10-20-16(22)13(17)8-11-9-19-14-5-3-2-4-12(11)14;/h2-5,9,13,19H,6-8,10,17H2,1H3,(H,18,21)(H,20,22);1H/t13-;/m0./s1. The number of carbonyl (C=O) groups excluding carboxylic acids is 2. The van der Waals surface area contributed by atoms with Crippen molar-refractivity contribution in [2.75, 3.05) is 26.8 Å². The zero-order valence-corrected chi connectivity index (χ0v) is 14.3. The van der Waals surface area contributed by atoms with Crippen LogP contribution in [-0.2, 0) is 20.7 Å². The van der Waals surface area contributed by atoms with Crippen LogP contribution in [0.5, 0.6) is 0 Å². The number of H-pyrrole nitrogens is 1. The van der Waals surface area contributed by atoms with E-state index in [1.165, 1.54) is 0 Å². The van der Waals surface area contributed by atoms with Crippen LogP contribution < -0.4 is 16.4 Å². The van der Waals surface area contributed by atoms with Crippen molar-refractivity contribution >= 4 is 35.1 Å². The minimum absolute atomic E-state index is 0. The van der Waals surface area contributed by atoms with Crippen molar-refractivity contribution in [2.24, 2.45) is 5.73 Å². The summed E-state index contributed by atoms with van der Waals surface area (Å²) >= 11 is 0. The third-order valence-corrected chi connectivity index (χ3v) is 3.50. The number of carbonyl (C=O) groups is 2. The number of ether oxygens (including phenoxy) is 1. The van der Waals surface area contributed by atoms with E-state index >= 15 is 0 Å². The number of aromatic nitrogens is 1. The molecule has 2 aromatic rings. The van der Waals surface area contributed by atoms with Crippen LogP contribution in [0.4, 0.5) is 0 Å². The molecule has 0 spiro atoms. The Hall–Kier alpha value is -2.09. The van der Waals surface area contributed by atoms with Gasteiger partial charge in [-0.1, -0.05) is 18.2 Å². The maximum atomic E-state index is 12.0. The number of amides is 2. The molecule has 8 heteroatoms. The normalized spacial score (nSPS) is 11.6. The van der Waals surface area contributed by atoms with E-state index < -0.39 is 6.04 Å². The molecule has 132 valence electrons. The van der Waals surface area contributed by atoms with Crippen LogP contribution >= 0.6 is 12.4 Å². The fraction of sp³-hybridized carbons (Fsp3) is 0.375. The van der Waals surface area contributed by atoms with Crippen molar-refractivity contribution in [2.45, 2.75) is 12.5 Å². The maximum Gasteiger partial charge on any atom is 0.239 e. The first-order chi connectivity index (χ1) is 11.1. The molecule has 0 unspecified atom stereocenters. The van der Waals surface area contributed by atoms with Crippen LogP contribution in [0.3, 0.4) is 0 Å². The fourth-order valence-electron chi connectivity index (χ4n) is 2.28. The molecule has 7 nitrogen and oxygen atoms in total. The van der Waals surface area contributed by atoms with E-state index in [0.29, 0.717) is 19.6 Å². The quantitative estimate of drug-likeness (QED) is 0.512. The lowest BCUT2D eigenvalue weighted by Crippen LogP contribution is -2.46. The summed E-state index contributed by atoms with van der Waals surface area (Å²) in [5.41, 5.74) is 7.92. The molecular weight excluding hydrogens is 332 g/mol. The molecule has 0 aliphatic heterocycles. The Morgan fingerprint density at radius 1 is 1.29 bits per heavy atom. The predicted octanol–water partition coefficient (Wildman–Crippen LogP) is 0.338. The molecular formula is C16H23ClN4O3. The average Bonchev–Trinajstić information content (AvgIpc) is 2.96. The van der Waals surface area contributed by atoms with Gasteiger partial charge in [-0.2, -0.15) is 0 Å². The highest BCUT2D eigenvalue weighted by molar-refractivity contribution is 5.88. The van der Waals surface area contributed by atoms with Gasteiger partial charge in [0.15, 0.2) is 0 Å². The van der Waals surface area contributed by atoms with Crippen LogP contribution in [0.1, 0.15) is 5.56 Å². The number of halogens is 1. The molecule has 0 aliphatic carbocycles. The Kier molecular flexibility index (Phi) is 8.25. The highest BCUT2D eigenvalue weighted by Gasteiger charge is 2.16. The first-order valence-electron chi connectivity index (χ1n) is 7.45. The lowest BCUT2D eigenvalue weighted by atomic mass is 10.1.